The van der Waals surface area contributed by atoms with Gasteiger partial charge in [0.1, 0.15) is 5.69 Å². The zero-order chi connectivity index (χ0) is 14.7. The molecule has 0 atom stereocenters. The standard InChI is InChI=1S/C16H21N3O/c1-4-11(5-2)19(3)16(20)15-10-13(17)12-8-6-7-9-14(12)18-15/h6-11H,4-5H2,1-3H3,(H2,17,18). The van der Waals surface area contributed by atoms with Gasteiger partial charge in [-0.3, -0.25) is 4.79 Å². The van der Waals surface area contributed by atoms with Crippen molar-refractivity contribution in [3.63, 3.8) is 0 Å². The molecule has 1 amide bonds. The number of nitrogen functional groups attached to an aromatic ring is 1. The predicted octanol–water partition coefficient (Wildman–Crippen LogP) is 3.08. The van der Waals surface area contributed by atoms with Gasteiger partial charge in [0.2, 0.25) is 0 Å². The Hall–Kier alpha value is -2.10. The first-order valence-corrected chi connectivity index (χ1v) is 7.00. The van der Waals surface area contributed by atoms with Crippen LogP contribution in [0, 0.1) is 0 Å². The Morgan fingerprint density at radius 1 is 1.30 bits per heavy atom. The zero-order valence-corrected chi connectivity index (χ0v) is 12.3. The van der Waals surface area contributed by atoms with E-state index in [0.717, 1.165) is 23.7 Å². The summed E-state index contributed by atoms with van der Waals surface area (Å²) in [5.74, 6) is -0.0730. The fourth-order valence-electron chi connectivity index (χ4n) is 2.49. The van der Waals surface area contributed by atoms with Crippen molar-refractivity contribution >= 4 is 22.5 Å². The lowest BCUT2D eigenvalue weighted by molar-refractivity contribution is 0.0718. The quantitative estimate of drug-likeness (QED) is 0.929. The molecule has 4 heteroatoms. The number of hydrogen-bond acceptors (Lipinski definition) is 3. The third-order valence-corrected chi connectivity index (χ3v) is 3.78. The molecule has 0 aliphatic heterocycles. The van der Waals surface area contributed by atoms with E-state index in [2.05, 4.69) is 18.8 Å². The molecule has 2 rings (SSSR count). The third-order valence-electron chi connectivity index (χ3n) is 3.78. The van der Waals surface area contributed by atoms with Gasteiger partial charge >= 0.3 is 0 Å². The van der Waals surface area contributed by atoms with E-state index in [0.29, 0.717) is 11.4 Å². The Kier molecular flexibility index (Phi) is 4.23. The number of benzene rings is 1. The van der Waals surface area contributed by atoms with Gasteiger partial charge in [-0.1, -0.05) is 32.0 Å². The van der Waals surface area contributed by atoms with Gasteiger partial charge in [0.15, 0.2) is 0 Å². The van der Waals surface area contributed by atoms with Crippen LogP contribution in [0.4, 0.5) is 5.69 Å². The molecule has 2 N–H and O–H groups in total. The molecule has 0 radical (unpaired) electrons. The Labute approximate surface area is 119 Å². The molecule has 1 aromatic carbocycles. The molecule has 0 fully saturated rings. The predicted molar refractivity (Wildman–Crippen MR) is 82.6 cm³/mol. The summed E-state index contributed by atoms with van der Waals surface area (Å²) < 4.78 is 0. The summed E-state index contributed by atoms with van der Waals surface area (Å²) in [5.41, 5.74) is 7.79. The van der Waals surface area contributed by atoms with Crippen LogP contribution in [0.5, 0.6) is 0 Å². The number of amides is 1. The molecule has 0 saturated carbocycles. The highest BCUT2D eigenvalue weighted by Crippen LogP contribution is 2.21. The van der Waals surface area contributed by atoms with E-state index in [1.165, 1.54) is 0 Å². The number of rotatable bonds is 4. The Morgan fingerprint density at radius 2 is 1.95 bits per heavy atom. The van der Waals surface area contributed by atoms with Gasteiger partial charge in [0.25, 0.3) is 5.91 Å². The van der Waals surface area contributed by atoms with Gasteiger partial charge in [0, 0.05) is 24.2 Å². The van der Waals surface area contributed by atoms with Crippen molar-refractivity contribution in [1.82, 2.24) is 9.88 Å². The summed E-state index contributed by atoms with van der Waals surface area (Å²) in [6.45, 7) is 4.17. The van der Waals surface area contributed by atoms with Crippen molar-refractivity contribution in [2.75, 3.05) is 12.8 Å². The smallest absolute Gasteiger partial charge is 0.272 e. The molecule has 2 aromatic rings. The molecule has 1 heterocycles. The van der Waals surface area contributed by atoms with Crippen LogP contribution in [0.15, 0.2) is 30.3 Å². The Balaban J connectivity index is 2.40. The first kappa shape index (κ1) is 14.3. The second kappa shape index (κ2) is 5.90. The largest absolute Gasteiger partial charge is 0.398 e. The van der Waals surface area contributed by atoms with Gasteiger partial charge in [-0.05, 0) is 25.0 Å². The second-order valence-electron chi connectivity index (χ2n) is 5.00. The summed E-state index contributed by atoms with van der Waals surface area (Å²) in [5, 5.41) is 0.884. The molecule has 0 aliphatic rings. The maximum absolute atomic E-state index is 12.5. The number of anilines is 1. The molecule has 1 aromatic heterocycles. The van der Waals surface area contributed by atoms with Crippen LogP contribution >= 0.6 is 0 Å². The van der Waals surface area contributed by atoms with E-state index in [1.54, 1.807) is 11.0 Å². The van der Waals surface area contributed by atoms with Crippen LogP contribution in [0.3, 0.4) is 0 Å². The van der Waals surface area contributed by atoms with Gasteiger partial charge in [-0.25, -0.2) is 4.98 Å². The van der Waals surface area contributed by atoms with Crippen molar-refractivity contribution in [2.45, 2.75) is 32.7 Å². The monoisotopic (exact) mass is 271 g/mol. The Bertz CT molecular complexity index is 620. The minimum absolute atomic E-state index is 0.0730. The number of nitrogens with zero attached hydrogens (tertiary/aromatic N) is 2. The maximum atomic E-state index is 12.5. The van der Waals surface area contributed by atoms with Crippen LogP contribution in [-0.2, 0) is 0 Å². The van der Waals surface area contributed by atoms with Gasteiger partial charge < -0.3 is 10.6 Å². The lowest BCUT2D eigenvalue weighted by atomic mass is 10.1. The summed E-state index contributed by atoms with van der Waals surface area (Å²) in [7, 11) is 1.83. The molecule has 0 aliphatic carbocycles. The van der Waals surface area contributed by atoms with E-state index in [4.69, 9.17) is 5.73 Å². The molecular formula is C16H21N3O. The summed E-state index contributed by atoms with van der Waals surface area (Å²) >= 11 is 0. The van der Waals surface area contributed by atoms with E-state index in [-0.39, 0.29) is 11.9 Å². The highest BCUT2D eigenvalue weighted by molar-refractivity contribution is 5.99. The molecular weight excluding hydrogens is 250 g/mol. The minimum Gasteiger partial charge on any atom is -0.398 e. The van der Waals surface area contributed by atoms with Crippen LogP contribution < -0.4 is 5.73 Å². The van der Waals surface area contributed by atoms with Crippen LogP contribution in [0.2, 0.25) is 0 Å². The summed E-state index contributed by atoms with van der Waals surface area (Å²) in [4.78, 5) is 18.7. The first-order valence-electron chi connectivity index (χ1n) is 7.00. The number of para-hydroxylation sites is 1. The topological polar surface area (TPSA) is 59.2 Å². The second-order valence-corrected chi connectivity index (χ2v) is 5.00. The van der Waals surface area contributed by atoms with Crippen LogP contribution in [0.1, 0.15) is 37.2 Å². The number of carbonyl (C=O) groups is 1. The van der Waals surface area contributed by atoms with Gasteiger partial charge in [-0.2, -0.15) is 0 Å². The molecule has 4 nitrogen and oxygen atoms in total. The van der Waals surface area contributed by atoms with E-state index < -0.39 is 0 Å². The summed E-state index contributed by atoms with van der Waals surface area (Å²) in [6.07, 6.45) is 1.86. The third kappa shape index (κ3) is 2.59. The number of aromatic nitrogens is 1. The number of pyridine rings is 1. The number of hydrogen-bond donors (Lipinski definition) is 1. The molecule has 0 bridgehead atoms. The molecule has 20 heavy (non-hydrogen) atoms. The van der Waals surface area contributed by atoms with Crippen molar-refractivity contribution < 1.29 is 4.79 Å². The number of fused-ring (bicyclic) bond motifs is 1. The van der Waals surface area contributed by atoms with Crippen molar-refractivity contribution in [1.29, 1.82) is 0 Å². The highest BCUT2D eigenvalue weighted by Gasteiger charge is 2.20. The van der Waals surface area contributed by atoms with Crippen molar-refractivity contribution in [2.24, 2.45) is 0 Å². The van der Waals surface area contributed by atoms with Gasteiger partial charge in [-0.15, -0.1) is 0 Å². The van der Waals surface area contributed by atoms with Crippen LogP contribution in [-0.4, -0.2) is 28.9 Å². The first-order chi connectivity index (χ1) is 9.58. The summed E-state index contributed by atoms with van der Waals surface area (Å²) in [6, 6.07) is 9.50. The lowest BCUT2D eigenvalue weighted by Gasteiger charge is -2.26. The van der Waals surface area contributed by atoms with E-state index in [9.17, 15) is 4.79 Å². The Morgan fingerprint density at radius 3 is 2.60 bits per heavy atom. The normalized spacial score (nSPS) is 11.0. The number of carbonyl (C=O) groups excluding carboxylic acids is 1. The minimum atomic E-state index is -0.0730. The van der Waals surface area contributed by atoms with Crippen molar-refractivity contribution in [3.8, 4) is 0 Å². The molecule has 0 spiro atoms. The average molecular weight is 271 g/mol. The highest BCUT2D eigenvalue weighted by atomic mass is 16.2. The van der Waals surface area contributed by atoms with E-state index in [1.807, 2.05) is 31.3 Å². The van der Waals surface area contributed by atoms with Gasteiger partial charge in [0.05, 0.1) is 5.52 Å². The zero-order valence-electron chi connectivity index (χ0n) is 12.3. The van der Waals surface area contributed by atoms with E-state index >= 15 is 0 Å². The molecule has 106 valence electrons. The fourth-order valence-corrected chi connectivity index (χ4v) is 2.49. The number of nitrogens with two attached hydrogens (primary N) is 1. The SMILES string of the molecule is CCC(CC)N(C)C(=O)c1cc(N)c2ccccc2n1. The maximum Gasteiger partial charge on any atom is 0.272 e. The van der Waals surface area contributed by atoms with Crippen molar-refractivity contribution in [3.05, 3.63) is 36.0 Å². The molecule has 0 saturated heterocycles. The fraction of sp³-hybridized carbons (Fsp3) is 0.375. The average Bonchev–Trinajstić information content (AvgIpc) is 2.47. The lowest BCUT2D eigenvalue weighted by Crippen LogP contribution is -2.36. The molecule has 0 unspecified atom stereocenters. The van der Waals surface area contributed by atoms with Crippen LogP contribution in [0.25, 0.3) is 10.9 Å².